The normalized spacial score (nSPS) is 11.8. The molecule has 1 aromatic heterocycles. The van der Waals surface area contributed by atoms with Crippen molar-refractivity contribution in [2.75, 3.05) is 0 Å². The Morgan fingerprint density at radius 2 is 2.00 bits per heavy atom. The molecule has 84 valence electrons. The first-order valence-electron chi connectivity index (χ1n) is 4.95. The van der Waals surface area contributed by atoms with Crippen molar-refractivity contribution < 1.29 is 4.79 Å². The van der Waals surface area contributed by atoms with Gasteiger partial charge in [0.1, 0.15) is 5.92 Å². The molecule has 2 aromatic rings. The quantitative estimate of drug-likeness (QED) is 0.804. The molecule has 0 unspecified atom stereocenters. The molecule has 1 aromatic carbocycles. The largest absolute Gasteiger partial charge is 0.291 e. The number of benzene rings is 1. The van der Waals surface area contributed by atoms with E-state index in [1.165, 1.54) is 11.3 Å². The number of nitriles is 1. The molecule has 0 aliphatic rings. The number of Topliss-reactive ketones (excluding diaryl/α,β-unsaturated/α-hetero) is 1. The first-order chi connectivity index (χ1) is 8.22. The van der Waals surface area contributed by atoms with Gasteiger partial charge in [-0.1, -0.05) is 34.1 Å². The molecule has 4 heteroatoms. The minimum absolute atomic E-state index is 0.134. The number of hydrogen-bond donors (Lipinski definition) is 0. The zero-order chi connectivity index (χ0) is 12.3. The van der Waals surface area contributed by atoms with Gasteiger partial charge in [-0.25, -0.2) is 0 Å². The van der Waals surface area contributed by atoms with E-state index in [-0.39, 0.29) is 5.78 Å². The highest BCUT2D eigenvalue weighted by Gasteiger charge is 2.22. The maximum absolute atomic E-state index is 12.1. The average molecular weight is 306 g/mol. The van der Waals surface area contributed by atoms with Crippen LogP contribution in [-0.4, -0.2) is 5.78 Å². The third kappa shape index (κ3) is 2.63. The lowest BCUT2D eigenvalue weighted by Crippen LogP contribution is -2.09. The zero-order valence-corrected chi connectivity index (χ0v) is 11.2. The lowest BCUT2D eigenvalue weighted by Gasteiger charge is -2.06. The van der Waals surface area contributed by atoms with Crippen LogP contribution in [0.25, 0.3) is 0 Å². The maximum atomic E-state index is 12.1. The summed E-state index contributed by atoms with van der Waals surface area (Å²) in [6, 6.07) is 12.9. The second kappa shape index (κ2) is 5.26. The average Bonchev–Trinajstić information content (AvgIpc) is 2.86. The highest BCUT2D eigenvalue weighted by molar-refractivity contribution is 9.10. The van der Waals surface area contributed by atoms with E-state index in [1.807, 2.05) is 23.6 Å². The van der Waals surface area contributed by atoms with E-state index in [9.17, 15) is 4.79 Å². The number of thiophene rings is 1. The molecular weight excluding hydrogens is 298 g/mol. The first kappa shape index (κ1) is 12.0. The van der Waals surface area contributed by atoms with Crippen molar-refractivity contribution >= 4 is 33.0 Å². The zero-order valence-electron chi connectivity index (χ0n) is 8.76. The van der Waals surface area contributed by atoms with Crippen LogP contribution in [0.1, 0.15) is 21.2 Å². The molecule has 2 nitrogen and oxygen atoms in total. The minimum atomic E-state index is -0.721. The molecule has 0 saturated heterocycles. The summed E-state index contributed by atoms with van der Waals surface area (Å²) >= 11 is 4.69. The van der Waals surface area contributed by atoms with Gasteiger partial charge in [-0.05, 0) is 29.1 Å². The first-order valence-corrected chi connectivity index (χ1v) is 6.62. The van der Waals surface area contributed by atoms with E-state index in [1.54, 1.807) is 18.2 Å². The van der Waals surface area contributed by atoms with Gasteiger partial charge in [-0.2, -0.15) is 5.26 Å². The van der Waals surface area contributed by atoms with Crippen LogP contribution in [0.5, 0.6) is 0 Å². The van der Waals surface area contributed by atoms with E-state index < -0.39 is 5.92 Å². The van der Waals surface area contributed by atoms with Crippen molar-refractivity contribution in [3.05, 3.63) is 56.7 Å². The van der Waals surface area contributed by atoms with Crippen molar-refractivity contribution in [3.63, 3.8) is 0 Å². The van der Waals surface area contributed by atoms with E-state index in [4.69, 9.17) is 5.26 Å². The van der Waals surface area contributed by atoms with Crippen molar-refractivity contribution in [3.8, 4) is 6.07 Å². The summed E-state index contributed by atoms with van der Waals surface area (Å²) in [6.45, 7) is 0. The highest BCUT2D eigenvalue weighted by atomic mass is 79.9. The van der Waals surface area contributed by atoms with Crippen LogP contribution < -0.4 is 0 Å². The molecule has 17 heavy (non-hydrogen) atoms. The number of halogens is 1. The fourth-order valence-electron chi connectivity index (χ4n) is 1.50. The Bertz CT molecular complexity index is 554. The van der Waals surface area contributed by atoms with Crippen LogP contribution in [-0.2, 0) is 0 Å². The minimum Gasteiger partial charge on any atom is -0.291 e. The van der Waals surface area contributed by atoms with Gasteiger partial charge in [-0.15, -0.1) is 11.3 Å². The number of nitrogens with zero attached hydrogens (tertiary/aromatic N) is 1. The van der Waals surface area contributed by atoms with Crippen molar-refractivity contribution in [1.29, 1.82) is 5.26 Å². The van der Waals surface area contributed by atoms with E-state index in [0.29, 0.717) is 4.88 Å². The SMILES string of the molecule is N#C[C@@H](C(=O)c1cccs1)c1ccc(Br)cc1. The highest BCUT2D eigenvalue weighted by Crippen LogP contribution is 2.24. The predicted molar refractivity (Wildman–Crippen MR) is 71.1 cm³/mol. The van der Waals surface area contributed by atoms with Crippen molar-refractivity contribution in [2.24, 2.45) is 0 Å². The number of rotatable bonds is 3. The lowest BCUT2D eigenvalue weighted by molar-refractivity contribution is 0.0983. The van der Waals surface area contributed by atoms with Crippen LogP contribution in [0.2, 0.25) is 0 Å². The van der Waals surface area contributed by atoms with Gasteiger partial charge in [0, 0.05) is 4.47 Å². The molecule has 0 aliphatic heterocycles. The summed E-state index contributed by atoms with van der Waals surface area (Å²) in [5, 5.41) is 11.0. The molecule has 0 aliphatic carbocycles. The molecular formula is C13H8BrNOS. The van der Waals surface area contributed by atoms with Gasteiger partial charge in [0.15, 0.2) is 5.78 Å². The van der Waals surface area contributed by atoms with Crippen molar-refractivity contribution in [1.82, 2.24) is 0 Å². The van der Waals surface area contributed by atoms with Gasteiger partial charge in [0.05, 0.1) is 10.9 Å². The topological polar surface area (TPSA) is 40.9 Å². The molecule has 0 radical (unpaired) electrons. The number of carbonyl (C=O) groups excluding carboxylic acids is 1. The van der Waals surface area contributed by atoms with Crippen LogP contribution in [0.4, 0.5) is 0 Å². The Morgan fingerprint density at radius 3 is 2.53 bits per heavy atom. The van der Waals surface area contributed by atoms with Gasteiger partial charge < -0.3 is 0 Å². The van der Waals surface area contributed by atoms with Crippen molar-refractivity contribution in [2.45, 2.75) is 5.92 Å². The summed E-state index contributed by atoms with van der Waals surface area (Å²) in [4.78, 5) is 12.7. The summed E-state index contributed by atoms with van der Waals surface area (Å²) in [7, 11) is 0. The third-order valence-electron chi connectivity index (χ3n) is 2.36. The van der Waals surface area contributed by atoms with E-state index in [0.717, 1.165) is 10.0 Å². The second-order valence-corrected chi connectivity index (χ2v) is 5.32. The standard InChI is InChI=1S/C13H8BrNOS/c14-10-5-3-9(4-6-10)11(8-15)13(16)12-2-1-7-17-12/h1-7,11H/t11-/m1/s1. The Morgan fingerprint density at radius 1 is 1.29 bits per heavy atom. The summed E-state index contributed by atoms with van der Waals surface area (Å²) in [5.74, 6) is -0.855. The van der Waals surface area contributed by atoms with Gasteiger partial charge in [0.25, 0.3) is 0 Å². The van der Waals surface area contributed by atoms with Crippen LogP contribution in [0.15, 0.2) is 46.3 Å². The lowest BCUT2D eigenvalue weighted by atomic mass is 9.95. The Balaban J connectivity index is 2.32. The van der Waals surface area contributed by atoms with Crippen LogP contribution in [0, 0.1) is 11.3 Å². The van der Waals surface area contributed by atoms with Crippen LogP contribution in [0.3, 0.4) is 0 Å². The van der Waals surface area contributed by atoms with Gasteiger partial charge in [0.2, 0.25) is 0 Å². The second-order valence-electron chi connectivity index (χ2n) is 3.46. The molecule has 0 bridgehead atoms. The molecule has 2 rings (SSSR count). The summed E-state index contributed by atoms with van der Waals surface area (Å²) < 4.78 is 0.932. The smallest absolute Gasteiger partial charge is 0.194 e. The van der Waals surface area contributed by atoms with E-state index in [2.05, 4.69) is 22.0 Å². The molecule has 0 fully saturated rings. The Hall–Kier alpha value is -1.44. The number of carbonyl (C=O) groups is 1. The maximum Gasteiger partial charge on any atom is 0.194 e. The fraction of sp³-hybridized carbons (Fsp3) is 0.0769. The van der Waals surface area contributed by atoms with E-state index >= 15 is 0 Å². The molecule has 0 saturated carbocycles. The monoisotopic (exact) mass is 305 g/mol. The Kier molecular flexibility index (Phi) is 3.72. The molecule has 0 amide bonds. The summed E-state index contributed by atoms with van der Waals surface area (Å²) in [6.07, 6.45) is 0. The molecule has 1 atom stereocenters. The van der Waals surface area contributed by atoms with Gasteiger partial charge in [-0.3, -0.25) is 4.79 Å². The molecule has 0 N–H and O–H groups in total. The predicted octanol–water partition coefficient (Wildman–Crippen LogP) is 4.00. The third-order valence-corrected chi connectivity index (χ3v) is 3.77. The molecule has 0 spiro atoms. The summed E-state index contributed by atoms with van der Waals surface area (Å²) in [5.41, 5.74) is 0.731. The van der Waals surface area contributed by atoms with Gasteiger partial charge >= 0.3 is 0 Å². The Labute approximate surface area is 112 Å². The fourth-order valence-corrected chi connectivity index (χ4v) is 2.46. The van der Waals surface area contributed by atoms with Crippen LogP contribution >= 0.6 is 27.3 Å². The number of ketones is 1. The molecule has 1 heterocycles. The number of hydrogen-bond acceptors (Lipinski definition) is 3.